The quantitative estimate of drug-likeness (QED) is 0.143. The van der Waals surface area contributed by atoms with Gasteiger partial charge in [0.15, 0.2) is 0 Å². The number of halogens is 2. The minimum Gasteiger partial charge on any atom is -0.480 e. The summed E-state index contributed by atoms with van der Waals surface area (Å²) in [6.45, 7) is 2.12. The molecule has 6 rings (SSSR count). The van der Waals surface area contributed by atoms with E-state index < -0.39 is 0 Å². The van der Waals surface area contributed by atoms with Crippen molar-refractivity contribution in [3.05, 3.63) is 100 Å². The van der Waals surface area contributed by atoms with Gasteiger partial charge in [0.05, 0.1) is 53.7 Å². The Morgan fingerprint density at radius 1 is 0.750 bits per heavy atom. The number of ether oxygens (including phenoxy) is 2. The molecule has 5 aromatic rings. The minimum atomic E-state index is 0.0833. The van der Waals surface area contributed by atoms with Crippen LogP contribution in [0.5, 0.6) is 11.8 Å². The third-order valence-electron chi connectivity index (χ3n) is 7.94. The topological polar surface area (TPSA) is 136 Å². The van der Waals surface area contributed by atoms with Crippen molar-refractivity contribution in [3.63, 3.8) is 0 Å². The van der Waals surface area contributed by atoms with Crippen LogP contribution in [0, 0.1) is 0 Å². The molecule has 0 aliphatic carbocycles. The van der Waals surface area contributed by atoms with Gasteiger partial charge in [-0.2, -0.15) is 0 Å². The number of methoxy groups -OCH3 is 2. The lowest BCUT2D eigenvalue weighted by atomic mass is 9.98. The first-order chi connectivity index (χ1) is 23.4. The van der Waals surface area contributed by atoms with Gasteiger partial charge in [-0.3, -0.25) is 19.7 Å². The van der Waals surface area contributed by atoms with E-state index in [4.69, 9.17) is 42.6 Å². The van der Waals surface area contributed by atoms with Gasteiger partial charge in [-0.05, 0) is 18.6 Å². The van der Waals surface area contributed by atoms with E-state index in [1.807, 2.05) is 54.6 Å². The molecule has 0 saturated carbocycles. The molecular weight excluding hydrogens is 651 g/mol. The maximum absolute atomic E-state index is 11.5. The number of hydrogen-bond acceptors (Lipinski definition) is 10. The molecule has 0 spiro atoms. The average molecular weight is 686 g/mol. The molecule has 246 valence electrons. The lowest BCUT2D eigenvalue weighted by Gasteiger charge is -2.15. The van der Waals surface area contributed by atoms with Crippen LogP contribution in [-0.2, 0) is 24.4 Å². The molecule has 11 nitrogen and oxygen atoms in total. The van der Waals surface area contributed by atoms with Gasteiger partial charge < -0.3 is 25.4 Å². The maximum atomic E-state index is 11.5. The summed E-state index contributed by atoms with van der Waals surface area (Å²) in [4.78, 5) is 34.5. The molecule has 1 unspecified atom stereocenters. The van der Waals surface area contributed by atoms with Gasteiger partial charge in [0.2, 0.25) is 17.7 Å². The van der Waals surface area contributed by atoms with E-state index in [0.717, 1.165) is 23.2 Å². The Morgan fingerprint density at radius 2 is 1.33 bits per heavy atom. The van der Waals surface area contributed by atoms with Crippen molar-refractivity contribution in [1.29, 1.82) is 0 Å². The van der Waals surface area contributed by atoms with E-state index in [1.54, 1.807) is 32.8 Å². The number of nitrogens with zero attached hydrogens (tertiary/aromatic N) is 5. The third kappa shape index (κ3) is 7.55. The number of carbonyl (C=O) groups is 1. The highest BCUT2D eigenvalue weighted by Crippen LogP contribution is 2.42. The highest BCUT2D eigenvalue weighted by atomic mass is 35.5. The predicted octanol–water partition coefficient (Wildman–Crippen LogP) is 5.64. The Hall–Kier alpha value is -4.68. The summed E-state index contributed by atoms with van der Waals surface area (Å²) in [6, 6.07) is 17.3. The molecule has 3 N–H and O–H groups in total. The molecule has 1 fully saturated rings. The highest BCUT2D eigenvalue weighted by molar-refractivity contribution is 6.39. The Labute approximate surface area is 288 Å². The molecule has 1 amide bonds. The number of aromatic nitrogens is 5. The smallest absolute Gasteiger partial charge is 0.237 e. The summed E-state index contributed by atoms with van der Waals surface area (Å²) in [5, 5.41) is 10.5. The maximum Gasteiger partial charge on any atom is 0.237 e. The Kier molecular flexibility index (Phi) is 10.7. The standard InChI is InChI=1S/C35H34Cl2N8O3/c1-47-34-29(17-38-15-21-7-3-4-14-40-21)41-19-27(44-34)25-10-5-8-23(32(25)36)24-9-6-11-26(33(24)37)28-20-42-30(35(45-28)48-2)18-39-16-22-12-13-31(46)43-22/h3-11,14,19-20,22,38-39H,12-13,15-18H2,1-2H3,(H,43,46). The number of benzene rings is 2. The largest absolute Gasteiger partial charge is 0.480 e. The van der Waals surface area contributed by atoms with Crippen LogP contribution in [0.4, 0.5) is 0 Å². The van der Waals surface area contributed by atoms with Gasteiger partial charge in [-0.1, -0.05) is 65.7 Å². The summed E-state index contributed by atoms with van der Waals surface area (Å²) in [5.41, 5.74) is 6.18. The first-order valence-corrected chi connectivity index (χ1v) is 16.2. The second kappa shape index (κ2) is 15.5. The van der Waals surface area contributed by atoms with Crippen molar-refractivity contribution in [2.45, 2.75) is 38.5 Å². The van der Waals surface area contributed by atoms with Gasteiger partial charge in [0, 0.05) is 67.1 Å². The van der Waals surface area contributed by atoms with E-state index in [0.29, 0.717) is 88.3 Å². The van der Waals surface area contributed by atoms with Crippen molar-refractivity contribution in [3.8, 4) is 45.4 Å². The van der Waals surface area contributed by atoms with Crippen LogP contribution >= 0.6 is 23.2 Å². The minimum absolute atomic E-state index is 0.0833. The fraction of sp³-hybridized carbons (Fsp3) is 0.257. The Balaban J connectivity index is 1.21. The van der Waals surface area contributed by atoms with Crippen molar-refractivity contribution < 1.29 is 14.3 Å². The summed E-state index contributed by atoms with van der Waals surface area (Å²) >= 11 is 14.1. The Bertz CT molecular complexity index is 1910. The third-order valence-corrected chi connectivity index (χ3v) is 8.76. The van der Waals surface area contributed by atoms with Gasteiger partial charge in [0.25, 0.3) is 0 Å². The van der Waals surface area contributed by atoms with Crippen LogP contribution < -0.4 is 25.4 Å². The lowest BCUT2D eigenvalue weighted by Crippen LogP contribution is -2.35. The summed E-state index contributed by atoms with van der Waals surface area (Å²) in [7, 11) is 3.12. The van der Waals surface area contributed by atoms with E-state index in [9.17, 15) is 4.79 Å². The fourth-order valence-corrected chi connectivity index (χ4v) is 6.15. The Morgan fingerprint density at radius 3 is 1.85 bits per heavy atom. The molecule has 2 aromatic carbocycles. The zero-order valence-electron chi connectivity index (χ0n) is 26.5. The van der Waals surface area contributed by atoms with E-state index in [1.165, 1.54) is 0 Å². The molecule has 1 aliphatic rings. The predicted molar refractivity (Wildman–Crippen MR) is 185 cm³/mol. The number of pyridine rings is 1. The summed E-state index contributed by atoms with van der Waals surface area (Å²) in [5.74, 6) is 0.874. The van der Waals surface area contributed by atoms with Gasteiger partial charge in [-0.25, -0.2) is 9.97 Å². The number of amides is 1. The summed E-state index contributed by atoms with van der Waals surface area (Å²) in [6.07, 6.45) is 6.49. The molecule has 0 radical (unpaired) electrons. The molecule has 4 heterocycles. The molecule has 48 heavy (non-hydrogen) atoms. The normalized spacial score (nSPS) is 14.2. The number of carbonyl (C=O) groups excluding carboxylic acids is 1. The average Bonchev–Trinajstić information content (AvgIpc) is 3.54. The van der Waals surface area contributed by atoms with Gasteiger partial charge in [0.1, 0.15) is 11.4 Å². The number of nitrogens with one attached hydrogen (secondary N) is 3. The molecule has 13 heteroatoms. The molecule has 1 atom stereocenters. The van der Waals surface area contributed by atoms with Crippen LogP contribution in [0.15, 0.2) is 73.2 Å². The first kappa shape index (κ1) is 33.2. The zero-order valence-corrected chi connectivity index (χ0v) is 28.0. The van der Waals surface area contributed by atoms with Crippen molar-refractivity contribution in [2.75, 3.05) is 20.8 Å². The van der Waals surface area contributed by atoms with E-state index >= 15 is 0 Å². The monoisotopic (exact) mass is 684 g/mol. The number of rotatable bonds is 13. The van der Waals surface area contributed by atoms with Crippen LogP contribution in [0.1, 0.15) is 29.9 Å². The van der Waals surface area contributed by atoms with Crippen LogP contribution in [0.3, 0.4) is 0 Å². The van der Waals surface area contributed by atoms with Crippen molar-refractivity contribution in [2.24, 2.45) is 0 Å². The first-order valence-electron chi connectivity index (χ1n) is 15.4. The fourth-order valence-electron chi connectivity index (χ4n) is 5.51. The van der Waals surface area contributed by atoms with E-state index in [2.05, 4.69) is 30.9 Å². The van der Waals surface area contributed by atoms with Crippen molar-refractivity contribution >= 4 is 29.1 Å². The molecule has 0 bridgehead atoms. The molecular formula is C35H34Cl2N8O3. The van der Waals surface area contributed by atoms with Gasteiger partial charge in [-0.15, -0.1) is 0 Å². The van der Waals surface area contributed by atoms with Crippen LogP contribution in [0.2, 0.25) is 10.0 Å². The number of hydrogen-bond donors (Lipinski definition) is 3. The zero-order chi connectivity index (χ0) is 33.5. The van der Waals surface area contributed by atoms with Crippen LogP contribution in [-0.4, -0.2) is 57.6 Å². The van der Waals surface area contributed by atoms with Crippen molar-refractivity contribution in [1.82, 2.24) is 40.9 Å². The van der Waals surface area contributed by atoms with Crippen LogP contribution in [0.25, 0.3) is 33.6 Å². The summed E-state index contributed by atoms with van der Waals surface area (Å²) < 4.78 is 11.2. The second-order valence-electron chi connectivity index (χ2n) is 11.1. The molecule has 1 aliphatic heterocycles. The van der Waals surface area contributed by atoms with E-state index in [-0.39, 0.29) is 11.9 Å². The van der Waals surface area contributed by atoms with Gasteiger partial charge >= 0.3 is 0 Å². The molecule has 1 saturated heterocycles. The SMILES string of the molecule is COc1nc(-c2cccc(-c3cccc(-c4cnc(CNCC5CCC(=O)N5)c(OC)n4)c3Cl)c2Cl)cnc1CNCc1ccccn1. The molecule has 3 aromatic heterocycles. The highest BCUT2D eigenvalue weighted by Gasteiger charge is 2.21. The lowest BCUT2D eigenvalue weighted by molar-refractivity contribution is -0.119. The second-order valence-corrected chi connectivity index (χ2v) is 11.9.